The molecule has 18 heavy (non-hydrogen) atoms. The zero-order valence-corrected chi connectivity index (χ0v) is 11.7. The van der Waals surface area contributed by atoms with Gasteiger partial charge in [0.1, 0.15) is 5.82 Å². The van der Waals surface area contributed by atoms with Crippen LogP contribution in [0.3, 0.4) is 0 Å². The molecule has 0 aliphatic carbocycles. The number of rotatable bonds is 4. The molecule has 0 saturated carbocycles. The summed E-state index contributed by atoms with van der Waals surface area (Å²) in [5, 5.41) is 11.2. The Morgan fingerprint density at radius 1 is 1.33 bits per heavy atom. The first-order valence-electron chi connectivity index (χ1n) is 5.28. The minimum absolute atomic E-state index is 0.361. The molecule has 2 aromatic rings. The van der Waals surface area contributed by atoms with Crippen LogP contribution in [0.2, 0.25) is 0 Å². The van der Waals surface area contributed by atoms with Gasteiger partial charge in [0.05, 0.1) is 5.92 Å². The Bertz CT molecular complexity index is 550. The molecule has 1 heterocycles. The molecule has 0 fully saturated rings. The number of carbonyl (C=O) groups is 1. The van der Waals surface area contributed by atoms with Crippen molar-refractivity contribution in [1.82, 2.24) is 0 Å². The molecule has 0 radical (unpaired) electrons. The third kappa shape index (κ3) is 2.97. The number of carboxylic acids is 1. The molecule has 94 valence electrons. The standard InChI is InChI=1S/C13H10BrFO2S/c14-11-5-6-18-12(11)7-10(13(16)17)8-1-3-9(15)4-2-8/h1-6,10H,7H2,(H,16,17). The smallest absolute Gasteiger partial charge is 0.311 e. The molecular weight excluding hydrogens is 319 g/mol. The van der Waals surface area contributed by atoms with Crippen molar-refractivity contribution in [1.29, 1.82) is 0 Å². The summed E-state index contributed by atoms with van der Waals surface area (Å²) in [5.74, 6) is -1.91. The summed E-state index contributed by atoms with van der Waals surface area (Å²) in [6.07, 6.45) is 0.402. The normalized spacial score (nSPS) is 12.3. The average molecular weight is 329 g/mol. The molecule has 0 aliphatic heterocycles. The first-order chi connectivity index (χ1) is 8.58. The Morgan fingerprint density at radius 3 is 2.50 bits per heavy atom. The zero-order chi connectivity index (χ0) is 13.1. The van der Waals surface area contributed by atoms with Crippen LogP contribution in [0.1, 0.15) is 16.4 Å². The zero-order valence-electron chi connectivity index (χ0n) is 9.27. The van der Waals surface area contributed by atoms with Gasteiger partial charge < -0.3 is 5.11 Å². The van der Waals surface area contributed by atoms with Crippen molar-refractivity contribution in [3.8, 4) is 0 Å². The Hall–Kier alpha value is -1.20. The fraction of sp³-hybridized carbons (Fsp3) is 0.154. The van der Waals surface area contributed by atoms with Crippen LogP contribution in [-0.2, 0) is 11.2 Å². The van der Waals surface area contributed by atoms with E-state index in [-0.39, 0.29) is 5.82 Å². The molecule has 2 rings (SSSR count). The monoisotopic (exact) mass is 328 g/mol. The van der Waals surface area contributed by atoms with E-state index < -0.39 is 11.9 Å². The molecule has 1 aromatic heterocycles. The Labute approximate surface area is 116 Å². The lowest BCUT2D eigenvalue weighted by Crippen LogP contribution is -2.14. The molecule has 5 heteroatoms. The van der Waals surface area contributed by atoms with Gasteiger partial charge in [-0.15, -0.1) is 11.3 Å². The highest BCUT2D eigenvalue weighted by Crippen LogP contribution is 2.29. The Balaban J connectivity index is 2.27. The third-order valence-corrected chi connectivity index (χ3v) is 4.60. The molecule has 2 nitrogen and oxygen atoms in total. The van der Waals surface area contributed by atoms with Crippen LogP contribution >= 0.6 is 27.3 Å². The summed E-state index contributed by atoms with van der Waals surface area (Å²) >= 11 is 4.89. The average Bonchev–Trinajstić information content (AvgIpc) is 2.73. The topological polar surface area (TPSA) is 37.3 Å². The molecule has 0 spiro atoms. The van der Waals surface area contributed by atoms with Gasteiger partial charge in [-0.25, -0.2) is 4.39 Å². The van der Waals surface area contributed by atoms with Gasteiger partial charge in [0, 0.05) is 15.8 Å². The summed E-state index contributed by atoms with van der Waals surface area (Å²) in [7, 11) is 0. The number of aliphatic carboxylic acids is 1. The van der Waals surface area contributed by atoms with E-state index in [0.717, 1.165) is 9.35 Å². The van der Waals surface area contributed by atoms with Gasteiger partial charge in [-0.3, -0.25) is 4.79 Å². The summed E-state index contributed by atoms with van der Waals surface area (Å²) in [6, 6.07) is 7.51. The van der Waals surface area contributed by atoms with Crippen molar-refractivity contribution in [3.63, 3.8) is 0 Å². The molecule has 1 aromatic carbocycles. The van der Waals surface area contributed by atoms with E-state index in [9.17, 15) is 14.3 Å². The summed E-state index contributed by atoms with van der Waals surface area (Å²) in [6.45, 7) is 0. The van der Waals surface area contributed by atoms with Gasteiger partial charge in [-0.05, 0) is 45.1 Å². The molecule has 1 atom stereocenters. The van der Waals surface area contributed by atoms with Crippen LogP contribution in [0, 0.1) is 5.82 Å². The van der Waals surface area contributed by atoms with E-state index in [1.165, 1.54) is 35.6 Å². The van der Waals surface area contributed by atoms with Crippen molar-refractivity contribution in [2.75, 3.05) is 0 Å². The number of benzene rings is 1. The highest BCUT2D eigenvalue weighted by atomic mass is 79.9. The number of carboxylic acid groups (broad SMARTS) is 1. The van der Waals surface area contributed by atoms with Gasteiger partial charge in [-0.1, -0.05) is 12.1 Å². The molecule has 1 N–H and O–H groups in total. The van der Waals surface area contributed by atoms with Crippen LogP contribution in [0.5, 0.6) is 0 Å². The predicted molar refractivity (Wildman–Crippen MR) is 72.5 cm³/mol. The van der Waals surface area contributed by atoms with Crippen molar-refractivity contribution in [2.45, 2.75) is 12.3 Å². The Morgan fingerprint density at radius 2 is 2.00 bits per heavy atom. The van der Waals surface area contributed by atoms with Gasteiger partial charge >= 0.3 is 5.97 Å². The maximum Gasteiger partial charge on any atom is 0.311 e. The highest BCUT2D eigenvalue weighted by molar-refractivity contribution is 9.10. The van der Waals surface area contributed by atoms with Gasteiger partial charge in [0.25, 0.3) is 0 Å². The van der Waals surface area contributed by atoms with Crippen LogP contribution in [0.15, 0.2) is 40.2 Å². The van der Waals surface area contributed by atoms with Gasteiger partial charge in [0.15, 0.2) is 0 Å². The first kappa shape index (κ1) is 13.2. The molecular formula is C13H10BrFO2S. The minimum Gasteiger partial charge on any atom is -0.481 e. The highest BCUT2D eigenvalue weighted by Gasteiger charge is 2.21. The number of halogens is 2. The summed E-state index contributed by atoms with van der Waals surface area (Å²) in [4.78, 5) is 12.3. The van der Waals surface area contributed by atoms with Crippen molar-refractivity contribution in [2.24, 2.45) is 0 Å². The number of hydrogen-bond acceptors (Lipinski definition) is 2. The second-order valence-corrected chi connectivity index (χ2v) is 5.69. The molecule has 0 bridgehead atoms. The second kappa shape index (κ2) is 5.63. The number of thiophene rings is 1. The molecule has 0 aliphatic rings. The fourth-order valence-corrected chi connectivity index (χ4v) is 3.26. The summed E-state index contributed by atoms with van der Waals surface area (Å²) < 4.78 is 13.8. The Kier molecular flexibility index (Phi) is 4.14. The maximum absolute atomic E-state index is 12.8. The predicted octanol–water partition coefficient (Wildman–Crippen LogP) is 4.06. The van der Waals surface area contributed by atoms with E-state index in [1.54, 1.807) is 0 Å². The first-order valence-corrected chi connectivity index (χ1v) is 6.95. The van der Waals surface area contributed by atoms with E-state index >= 15 is 0 Å². The van der Waals surface area contributed by atoms with E-state index in [1.807, 2.05) is 11.4 Å². The van der Waals surface area contributed by atoms with Crippen LogP contribution in [0.25, 0.3) is 0 Å². The van der Waals surface area contributed by atoms with Crippen LogP contribution < -0.4 is 0 Å². The molecule has 0 amide bonds. The van der Waals surface area contributed by atoms with Crippen molar-refractivity contribution < 1.29 is 14.3 Å². The summed E-state index contributed by atoms with van der Waals surface area (Å²) in [5.41, 5.74) is 0.615. The quantitative estimate of drug-likeness (QED) is 0.918. The second-order valence-electron chi connectivity index (χ2n) is 3.84. The SMILES string of the molecule is O=C(O)C(Cc1sccc1Br)c1ccc(F)cc1. The van der Waals surface area contributed by atoms with Gasteiger partial charge in [0.2, 0.25) is 0 Å². The molecule has 1 unspecified atom stereocenters. The van der Waals surface area contributed by atoms with Crippen molar-refractivity contribution >= 4 is 33.2 Å². The maximum atomic E-state index is 12.8. The lowest BCUT2D eigenvalue weighted by molar-refractivity contribution is -0.138. The van der Waals surface area contributed by atoms with E-state index in [4.69, 9.17) is 0 Å². The lowest BCUT2D eigenvalue weighted by atomic mass is 9.95. The number of hydrogen-bond donors (Lipinski definition) is 1. The lowest BCUT2D eigenvalue weighted by Gasteiger charge is -2.12. The molecule has 0 saturated heterocycles. The third-order valence-electron chi connectivity index (χ3n) is 2.65. The van der Waals surface area contributed by atoms with E-state index in [0.29, 0.717) is 12.0 Å². The van der Waals surface area contributed by atoms with Gasteiger partial charge in [-0.2, -0.15) is 0 Å². The van der Waals surface area contributed by atoms with Crippen LogP contribution in [0.4, 0.5) is 4.39 Å². The van der Waals surface area contributed by atoms with Crippen LogP contribution in [-0.4, -0.2) is 11.1 Å². The minimum atomic E-state index is -0.901. The van der Waals surface area contributed by atoms with E-state index in [2.05, 4.69) is 15.9 Å². The van der Waals surface area contributed by atoms with Crippen molar-refractivity contribution in [3.05, 3.63) is 56.4 Å². The fourth-order valence-electron chi connectivity index (χ4n) is 1.70. The largest absolute Gasteiger partial charge is 0.481 e.